The van der Waals surface area contributed by atoms with Gasteiger partial charge in [0.15, 0.2) is 5.54 Å². The minimum Gasteiger partial charge on any atom is -0.497 e. The molecule has 47 heavy (non-hydrogen) atoms. The third kappa shape index (κ3) is 5.67. The average Bonchev–Trinajstić information content (AvgIpc) is 3.82. The Labute approximate surface area is 279 Å². The molecular weight excluding hydrogens is 644 g/mol. The van der Waals surface area contributed by atoms with Crippen LogP contribution in [0.15, 0.2) is 82.4 Å². The van der Waals surface area contributed by atoms with Gasteiger partial charge in [-0.2, -0.15) is 0 Å². The summed E-state index contributed by atoms with van der Waals surface area (Å²) in [6, 6.07) is 16.2. The van der Waals surface area contributed by atoms with Crippen LogP contribution in [0.3, 0.4) is 0 Å². The predicted molar refractivity (Wildman–Crippen MR) is 176 cm³/mol. The Morgan fingerprint density at radius 3 is 2.51 bits per heavy atom. The summed E-state index contributed by atoms with van der Waals surface area (Å²) in [6.07, 6.45) is 4.43. The lowest BCUT2D eigenvalue weighted by Crippen LogP contribution is -2.54. The standard InChI is InChI=1S/C34H37ClN4O7S/c1-37(17-19-43-2)22-23-7-14-31(45-4)28(20-23)34(38-16-5-6-29(38)32-36-15-18-46-32)27-13-8-24(35)21-30(27)39(33(34)40)47(41,42)26-11-9-25(44-3)10-12-26/h7-15,18,20-21,29H,5-6,16-17,19,22H2,1-4H3. The van der Waals surface area contributed by atoms with Gasteiger partial charge in [0.05, 0.1) is 43.6 Å². The molecular formula is C34H37ClN4O7S. The van der Waals surface area contributed by atoms with Gasteiger partial charge >= 0.3 is 0 Å². The number of nitrogens with zero attached hydrogens (tertiary/aromatic N) is 4. The van der Waals surface area contributed by atoms with Crippen molar-refractivity contribution in [3.8, 4) is 11.5 Å². The maximum Gasteiger partial charge on any atom is 0.271 e. The Morgan fingerprint density at radius 1 is 1.04 bits per heavy atom. The Hall–Kier alpha value is -3.94. The lowest BCUT2D eigenvalue weighted by molar-refractivity contribution is -0.127. The molecule has 0 spiro atoms. The average molecular weight is 681 g/mol. The number of aromatic nitrogens is 1. The Morgan fingerprint density at radius 2 is 1.83 bits per heavy atom. The van der Waals surface area contributed by atoms with Crippen molar-refractivity contribution >= 4 is 33.2 Å². The number of sulfonamides is 1. The van der Waals surface area contributed by atoms with Gasteiger partial charge in [0.25, 0.3) is 15.9 Å². The van der Waals surface area contributed by atoms with Crippen molar-refractivity contribution in [1.29, 1.82) is 0 Å². The molecule has 2 atom stereocenters. The summed E-state index contributed by atoms with van der Waals surface area (Å²) in [4.78, 5) is 24.0. The summed E-state index contributed by atoms with van der Waals surface area (Å²) in [5.41, 5.74) is 0.399. The third-order valence-corrected chi connectivity index (χ3v) is 10.8. The minimum atomic E-state index is -4.44. The fourth-order valence-corrected chi connectivity index (χ4v) is 8.35. The number of hydrogen-bond acceptors (Lipinski definition) is 10. The van der Waals surface area contributed by atoms with E-state index in [9.17, 15) is 8.42 Å². The van der Waals surface area contributed by atoms with Gasteiger partial charge in [0.1, 0.15) is 17.8 Å². The van der Waals surface area contributed by atoms with Crippen molar-refractivity contribution in [2.45, 2.75) is 35.9 Å². The van der Waals surface area contributed by atoms with E-state index in [2.05, 4.69) is 9.88 Å². The van der Waals surface area contributed by atoms with Crippen molar-refractivity contribution in [2.75, 3.05) is 52.4 Å². The van der Waals surface area contributed by atoms with Crippen molar-refractivity contribution in [3.05, 3.63) is 101 Å². The molecule has 1 amide bonds. The molecule has 0 N–H and O–H groups in total. The highest BCUT2D eigenvalue weighted by Crippen LogP contribution is 2.56. The van der Waals surface area contributed by atoms with Gasteiger partial charge in [-0.25, -0.2) is 17.7 Å². The highest BCUT2D eigenvalue weighted by Gasteiger charge is 2.62. The molecule has 13 heteroatoms. The van der Waals surface area contributed by atoms with E-state index in [-0.39, 0.29) is 15.6 Å². The third-order valence-electron chi connectivity index (χ3n) is 8.86. The molecule has 0 saturated carbocycles. The molecule has 2 aliphatic heterocycles. The lowest BCUT2D eigenvalue weighted by atomic mass is 9.80. The maximum atomic E-state index is 15.5. The number of rotatable bonds is 12. The molecule has 1 aromatic heterocycles. The second-order valence-corrected chi connectivity index (χ2v) is 13.8. The monoisotopic (exact) mass is 680 g/mol. The SMILES string of the molecule is COCCN(C)Cc1ccc(OC)c(C2(N3CCCC3c3ncco3)C(=O)N(S(=O)(=O)c3ccc(OC)cc3)c3cc(Cl)ccc32)c1. The van der Waals surface area contributed by atoms with E-state index in [1.54, 1.807) is 44.7 Å². The van der Waals surface area contributed by atoms with Gasteiger partial charge < -0.3 is 18.6 Å². The number of oxazole rings is 1. The van der Waals surface area contributed by atoms with Crippen LogP contribution in [-0.2, 0) is 31.6 Å². The molecule has 3 aromatic carbocycles. The van der Waals surface area contributed by atoms with Crippen molar-refractivity contribution in [1.82, 2.24) is 14.8 Å². The zero-order chi connectivity index (χ0) is 33.3. The molecule has 0 bridgehead atoms. The van der Waals surface area contributed by atoms with Gasteiger partial charge in [-0.05, 0) is 74.0 Å². The van der Waals surface area contributed by atoms with Gasteiger partial charge in [-0.15, -0.1) is 0 Å². The first-order valence-electron chi connectivity index (χ1n) is 15.2. The van der Waals surface area contributed by atoms with Gasteiger partial charge in [-0.1, -0.05) is 23.7 Å². The van der Waals surface area contributed by atoms with E-state index in [0.717, 1.165) is 16.3 Å². The Balaban J connectivity index is 1.62. The number of likely N-dealkylation sites (tertiary alicyclic amines) is 1. The van der Waals surface area contributed by atoms with Crippen molar-refractivity contribution in [2.24, 2.45) is 0 Å². The number of methoxy groups -OCH3 is 3. The number of amides is 1. The molecule has 0 radical (unpaired) electrons. The minimum absolute atomic E-state index is 0.0699. The first kappa shape index (κ1) is 33.0. The quantitative estimate of drug-likeness (QED) is 0.197. The molecule has 3 heterocycles. The van der Waals surface area contributed by atoms with Crippen LogP contribution < -0.4 is 13.8 Å². The van der Waals surface area contributed by atoms with Crippen LogP contribution in [0.5, 0.6) is 11.5 Å². The lowest BCUT2D eigenvalue weighted by Gasteiger charge is -2.41. The summed E-state index contributed by atoms with van der Waals surface area (Å²) in [7, 11) is 2.24. The van der Waals surface area contributed by atoms with Crippen LogP contribution >= 0.6 is 11.6 Å². The van der Waals surface area contributed by atoms with Crippen molar-refractivity contribution < 1.29 is 31.8 Å². The molecule has 1 saturated heterocycles. The number of ether oxygens (including phenoxy) is 3. The first-order valence-corrected chi connectivity index (χ1v) is 17.0. The van der Waals surface area contributed by atoms with Crippen LogP contribution in [0.4, 0.5) is 5.69 Å². The Kier molecular flexibility index (Phi) is 9.32. The maximum absolute atomic E-state index is 15.5. The topological polar surface area (TPSA) is 115 Å². The summed E-state index contributed by atoms with van der Waals surface area (Å²) in [5.74, 6) is 0.685. The first-order chi connectivity index (χ1) is 22.7. The molecule has 2 unspecified atom stereocenters. The Bertz CT molecular complexity index is 1850. The molecule has 11 nitrogen and oxygen atoms in total. The van der Waals surface area contributed by atoms with E-state index in [4.69, 9.17) is 30.2 Å². The number of fused-ring (bicyclic) bond motifs is 1. The van der Waals surface area contributed by atoms with Crippen LogP contribution in [0.1, 0.15) is 41.5 Å². The van der Waals surface area contributed by atoms with Crippen molar-refractivity contribution in [3.63, 3.8) is 0 Å². The number of carbonyl (C=O) groups is 1. The van der Waals surface area contributed by atoms with Gasteiger partial charge in [0.2, 0.25) is 5.89 Å². The zero-order valence-electron chi connectivity index (χ0n) is 26.7. The number of benzene rings is 3. The fourth-order valence-electron chi connectivity index (χ4n) is 6.73. The van der Waals surface area contributed by atoms with Crippen LogP contribution in [0.2, 0.25) is 5.02 Å². The smallest absolute Gasteiger partial charge is 0.271 e. The molecule has 0 aliphatic carbocycles. The normalized spacial score (nSPS) is 19.8. The van der Waals surface area contributed by atoms with E-state index < -0.39 is 27.5 Å². The fraction of sp³-hybridized carbons (Fsp3) is 0.353. The number of carbonyl (C=O) groups excluding carboxylic acids is 1. The summed E-state index contributed by atoms with van der Waals surface area (Å²) >= 11 is 6.54. The number of hydrogen-bond donors (Lipinski definition) is 0. The highest BCUT2D eigenvalue weighted by molar-refractivity contribution is 7.93. The summed E-state index contributed by atoms with van der Waals surface area (Å²) < 4.78 is 52.3. The van der Waals surface area contributed by atoms with E-state index in [1.165, 1.54) is 31.6 Å². The molecule has 6 rings (SSSR count). The highest BCUT2D eigenvalue weighted by atomic mass is 35.5. The molecule has 4 aromatic rings. The van der Waals surface area contributed by atoms with Gasteiger partial charge in [-0.3, -0.25) is 14.6 Å². The predicted octanol–water partition coefficient (Wildman–Crippen LogP) is 5.24. The zero-order valence-corrected chi connectivity index (χ0v) is 28.3. The van der Waals surface area contributed by atoms with Gasteiger partial charge in [0, 0.05) is 42.9 Å². The largest absolute Gasteiger partial charge is 0.497 e. The number of anilines is 1. The second-order valence-electron chi connectivity index (χ2n) is 11.6. The summed E-state index contributed by atoms with van der Waals surface area (Å²) in [6.45, 7) is 2.25. The number of halogens is 1. The van der Waals surface area contributed by atoms with E-state index in [0.29, 0.717) is 61.2 Å². The number of likely N-dealkylation sites (N-methyl/N-ethyl adjacent to an activating group) is 1. The van der Waals surface area contributed by atoms with Crippen LogP contribution in [-0.4, -0.2) is 77.2 Å². The molecule has 1 fully saturated rings. The molecule has 248 valence electrons. The molecule has 2 aliphatic rings. The second kappa shape index (κ2) is 13.3. The van der Waals surface area contributed by atoms with E-state index >= 15 is 4.79 Å². The summed E-state index contributed by atoms with van der Waals surface area (Å²) in [5, 5.41) is 0.286. The van der Waals surface area contributed by atoms with E-state index in [1.807, 2.05) is 30.1 Å². The van der Waals surface area contributed by atoms with Crippen LogP contribution in [0, 0.1) is 0 Å². The van der Waals surface area contributed by atoms with Crippen LogP contribution in [0.25, 0.3) is 0 Å².